The summed E-state index contributed by atoms with van der Waals surface area (Å²) < 4.78 is 68.9. The molecule has 0 saturated heterocycles. The molecule has 2 aromatic heterocycles. The molecule has 0 saturated carbocycles. The van der Waals surface area contributed by atoms with E-state index in [-0.39, 0.29) is 39.6 Å². The summed E-state index contributed by atoms with van der Waals surface area (Å²) in [6, 6.07) is 13.2. The van der Waals surface area contributed by atoms with Gasteiger partial charge in [-0.05, 0) is 48.2 Å². The summed E-state index contributed by atoms with van der Waals surface area (Å²) in [4.78, 5) is 7.01. The van der Waals surface area contributed by atoms with E-state index in [2.05, 4.69) is 57.2 Å². The molecular weight excluding hydrogens is 755 g/mol. The lowest BCUT2D eigenvalue weighted by molar-refractivity contribution is 0.368. The predicted octanol–water partition coefficient (Wildman–Crippen LogP) is 9.94. The van der Waals surface area contributed by atoms with Crippen LogP contribution in [0.2, 0.25) is 0 Å². The second-order valence-corrected chi connectivity index (χ2v) is 14.2. The highest BCUT2D eigenvalue weighted by atomic mass is 79.9. The summed E-state index contributed by atoms with van der Waals surface area (Å²) in [5.74, 6) is -2.02. The van der Waals surface area contributed by atoms with Crippen molar-refractivity contribution in [3.8, 4) is 34.8 Å². The van der Waals surface area contributed by atoms with Crippen molar-refractivity contribution in [1.29, 1.82) is 0 Å². The Bertz CT molecular complexity index is 1440. The number of aryl methyl sites for hydroxylation is 2. The second-order valence-electron chi connectivity index (χ2n) is 7.76. The Balaban J connectivity index is 0.000000365. The Morgan fingerprint density at radius 3 is 1.57 bits per heavy atom. The van der Waals surface area contributed by atoms with Crippen LogP contribution in [0, 0.1) is 23.5 Å². The quantitative estimate of drug-likeness (QED) is 0.114. The van der Waals surface area contributed by atoms with Gasteiger partial charge >= 0.3 is 3.18 Å². The van der Waals surface area contributed by atoms with E-state index >= 15 is 0 Å². The van der Waals surface area contributed by atoms with Crippen molar-refractivity contribution in [2.45, 2.75) is 34.1 Å². The summed E-state index contributed by atoms with van der Waals surface area (Å²) in [6.45, 7) is 3.61. The maximum absolute atomic E-state index is 13.7. The molecule has 2 aromatic carbocycles. The number of phenols is 1. The number of hydrogen-bond donors (Lipinski definition) is 1. The van der Waals surface area contributed by atoms with Gasteiger partial charge in [0.05, 0.1) is 7.11 Å². The topological polar surface area (TPSA) is 73.7 Å². The molecule has 42 heavy (non-hydrogen) atoms. The SMILES string of the molecule is BrB(Br)Br.C.CCc1cc(O)c(Oc2cccc(F)n2)cc1F.CCc1cc(OC)c(Oc2cccc(F)n2)cc1F. The van der Waals surface area contributed by atoms with Gasteiger partial charge < -0.3 is 19.3 Å². The maximum atomic E-state index is 13.7. The van der Waals surface area contributed by atoms with E-state index in [9.17, 15) is 22.7 Å². The van der Waals surface area contributed by atoms with Crippen molar-refractivity contribution in [3.63, 3.8) is 0 Å². The standard InChI is InChI=1S/C14H13F2NO2.C13H11F2NO2.CH4.BBr3/c1-3-9-7-11(18-2)12(8-10(9)15)19-14-6-4-5-13(16)17-14;1-2-8-6-10(17)11(7-9(8)14)18-13-5-3-4-12(15)16-13;;2-1(3)4/h4-8H,3H2,1-2H3;3-7,17H,2H2,1H3;1H4;. The third-order valence-electron chi connectivity index (χ3n) is 5.03. The number of hydrogen-bond acceptors (Lipinski definition) is 6. The number of benzene rings is 2. The molecule has 0 spiro atoms. The third kappa shape index (κ3) is 12.2. The molecule has 0 radical (unpaired) electrons. The predicted molar refractivity (Wildman–Crippen MR) is 168 cm³/mol. The Labute approximate surface area is 267 Å². The Kier molecular flexibility index (Phi) is 16.5. The first-order valence-corrected chi connectivity index (χ1v) is 14.6. The molecule has 0 unspecified atom stereocenters. The number of rotatable bonds is 7. The van der Waals surface area contributed by atoms with Crippen LogP contribution in [-0.2, 0) is 12.8 Å². The average Bonchev–Trinajstić information content (AvgIpc) is 2.91. The normalized spacial score (nSPS) is 9.76. The van der Waals surface area contributed by atoms with E-state index in [4.69, 9.17) is 14.2 Å². The molecule has 226 valence electrons. The molecule has 0 aliphatic rings. The van der Waals surface area contributed by atoms with Crippen molar-refractivity contribution < 1.29 is 36.9 Å². The highest BCUT2D eigenvalue weighted by molar-refractivity contribution is 9.69. The van der Waals surface area contributed by atoms with Crippen molar-refractivity contribution in [3.05, 3.63) is 95.3 Å². The van der Waals surface area contributed by atoms with Gasteiger partial charge in [-0.2, -0.15) is 18.7 Å². The molecule has 1 N–H and O–H groups in total. The van der Waals surface area contributed by atoms with Gasteiger partial charge in [0.2, 0.25) is 23.7 Å². The van der Waals surface area contributed by atoms with Crippen LogP contribution < -0.4 is 14.2 Å². The van der Waals surface area contributed by atoms with Crippen LogP contribution in [-0.4, -0.2) is 25.4 Å². The first-order valence-electron chi connectivity index (χ1n) is 11.9. The first-order chi connectivity index (χ1) is 19.5. The molecule has 2 heterocycles. The van der Waals surface area contributed by atoms with E-state index in [0.29, 0.717) is 29.7 Å². The lowest BCUT2D eigenvalue weighted by Gasteiger charge is -2.11. The van der Waals surface area contributed by atoms with E-state index < -0.39 is 23.5 Å². The number of methoxy groups -OCH3 is 1. The fraction of sp³-hybridized carbons (Fsp3) is 0.214. The molecule has 6 nitrogen and oxygen atoms in total. The minimum Gasteiger partial charge on any atom is -0.504 e. The van der Waals surface area contributed by atoms with Crippen LogP contribution >= 0.6 is 47.3 Å². The summed E-state index contributed by atoms with van der Waals surface area (Å²) >= 11 is 9.31. The number of ether oxygens (including phenoxy) is 3. The Morgan fingerprint density at radius 1 is 0.714 bits per heavy atom. The van der Waals surface area contributed by atoms with E-state index in [1.54, 1.807) is 13.0 Å². The zero-order valence-electron chi connectivity index (χ0n) is 22.0. The van der Waals surface area contributed by atoms with Gasteiger partial charge in [-0.1, -0.05) is 33.4 Å². The zero-order chi connectivity index (χ0) is 30.5. The van der Waals surface area contributed by atoms with Gasteiger partial charge in [0.1, 0.15) is 11.6 Å². The molecule has 4 aromatic rings. The number of nitrogens with zero attached hydrogens (tertiary/aromatic N) is 2. The zero-order valence-corrected chi connectivity index (χ0v) is 26.7. The van der Waals surface area contributed by atoms with Crippen molar-refractivity contribution in [1.82, 2.24) is 9.97 Å². The van der Waals surface area contributed by atoms with Gasteiger partial charge in [-0.3, -0.25) is 0 Å². The summed E-state index contributed by atoms with van der Waals surface area (Å²) in [7, 11) is 1.46. The smallest absolute Gasteiger partial charge is 0.369 e. The fourth-order valence-corrected chi connectivity index (χ4v) is 3.15. The van der Waals surface area contributed by atoms with Crippen molar-refractivity contribution >= 4 is 50.5 Å². The van der Waals surface area contributed by atoms with Crippen LogP contribution in [0.3, 0.4) is 0 Å². The first kappa shape index (κ1) is 37.2. The van der Waals surface area contributed by atoms with E-state index in [0.717, 1.165) is 12.1 Å². The van der Waals surface area contributed by atoms with Gasteiger partial charge in [-0.25, -0.2) is 8.78 Å². The number of aromatic hydroxyl groups is 1. The largest absolute Gasteiger partial charge is 0.504 e. The molecular formula is C28H28BBr3F4N2O4. The van der Waals surface area contributed by atoms with Crippen LogP contribution in [0.25, 0.3) is 0 Å². The third-order valence-corrected chi connectivity index (χ3v) is 5.03. The Hall–Kier alpha value is -2.84. The summed E-state index contributed by atoms with van der Waals surface area (Å²) in [5, 5.41) is 9.66. The van der Waals surface area contributed by atoms with Crippen molar-refractivity contribution in [2.75, 3.05) is 7.11 Å². The van der Waals surface area contributed by atoms with Gasteiger partial charge in [0.25, 0.3) is 0 Å². The molecule has 0 aliphatic heterocycles. The number of phenolic OH excluding ortho intramolecular Hbond substituents is 1. The fourth-order valence-electron chi connectivity index (χ4n) is 3.15. The monoisotopic (exact) mass is 780 g/mol. The molecule has 0 atom stereocenters. The Morgan fingerprint density at radius 2 is 1.14 bits per heavy atom. The highest BCUT2D eigenvalue weighted by Gasteiger charge is 2.13. The number of pyridine rings is 2. The van der Waals surface area contributed by atoms with Gasteiger partial charge in [0.15, 0.2) is 23.0 Å². The lowest BCUT2D eigenvalue weighted by atomic mass is 10.1. The number of aromatic nitrogens is 2. The highest BCUT2D eigenvalue weighted by Crippen LogP contribution is 2.34. The molecule has 0 aliphatic carbocycles. The second kappa shape index (κ2) is 18.7. The number of halogens is 7. The van der Waals surface area contributed by atoms with Crippen LogP contribution in [0.4, 0.5) is 17.6 Å². The molecule has 0 amide bonds. The van der Waals surface area contributed by atoms with Gasteiger partial charge in [0, 0.05) is 24.3 Å². The van der Waals surface area contributed by atoms with E-state index in [1.165, 1.54) is 49.6 Å². The van der Waals surface area contributed by atoms with Crippen LogP contribution in [0.15, 0.2) is 60.7 Å². The van der Waals surface area contributed by atoms with E-state index in [1.807, 2.05) is 6.92 Å². The van der Waals surface area contributed by atoms with Crippen LogP contribution in [0.1, 0.15) is 32.4 Å². The molecule has 0 fully saturated rings. The minimum absolute atomic E-state index is 0. The molecule has 4 rings (SSSR count). The summed E-state index contributed by atoms with van der Waals surface area (Å²) in [5.41, 5.74) is 0.906. The summed E-state index contributed by atoms with van der Waals surface area (Å²) in [6.07, 6.45) is 0.999. The minimum atomic E-state index is -0.711. The molecule has 14 heteroatoms. The van der Waals surface area contributed by atoms with Gasteiger partial charge in [-0.15, -0.1) is 47.3 Å². The lowest BCUT2D eigenvalue weighted by Crippen LogP contribution is -1.97. The maximum Gasteiger partial charge on any atom is 0.369 e. The van der Waals surface area contributed by atoms with Crippen molar-refractivity contribution in [2.24, 2.45) is 0 Å². The average molecular weight is 783 g/mol. The van der Waals surface area contributed by atoms with Crippen LogP contribution in [0.5, 0.6) is 34.8 Å². The molecule has 0 bridgehead atoms.